The third-order valence-electron chi connectivity index (χ3n) is 4.53. The smallest absolute Gasteiger partial charge is 0.133 e. The lowest BCUT2D eigenvalue weighted by atomic mass is 9.86. The summed E-state index contributed by atoms with van der Waals surface area (Å²) in [6.45, 7) is 0.972. The van der Waals surface area contributed by atoms with E-state index in [1.54, 1.807) is 11.8 Å². The number of carboxylic acids is 1. The zero-order valence-electron chi connectivity index (χ0n) is 12.1. The predicted molar refractivity (Wildman–Crippen MR) is 81.4 cm³/mol. The Kier molecular flexibility index (Phi) is 5.72. The molecule has 0 radical (unpaired) electrons. The summed E-state index contributed by atoms with van der Waals surface area (Å²) in [5.41, 5.74) is 12.2. The van der Waals surface area contributed by atoms with Crippen molar-refractivity contribution in [3.05, 3.63) is 0 Å². The summed E-state index contributed by atoms with van der Waals surface area (Å²) in [6.07, 6.45) is 7.43. The van der Waals surface area contributed by atoms with E-state index >= 15 is 0 Å². The molecule has 116 valence electrons. The van der Waals surface area contributed by atoms with Crippen LogP contribution >= 0.6 is 0 Å². The second-order valence-corrected chi connectivity index (χ2v) is 7.93. The highest BCUT2D eigenvalue weighted by atomic mass is 32.2. The first-order chi connectivity index (χ1) is 9.45. The normalized spacial score (nSPS) is 43.5. The fraction of sp³-hybridized carbons (Fsp3) is 0.929. The maximum absolute atomic E-state index is 8.89. The highest BCUT2D eigenvalue weighted by Crippen LogP contribution is 2.32. The molecule has 0 aromatic carbocycles. The Balaban J connectivity index is 0.000000328. The quantitative estimate of drug-likeness (QED) is 0.379. The summed E-state index contributed by atoms with van der Waals surface area (Å²) in [5, 5.41) is 14.4. The van der Waals surface area contributed by atoms with E-state index in [1.165, 1.54) is 38.5 Å². The number of hydrogen-bond donors (Lipinski definition) is 3. The Hall–Kier alpha value is -0.300. The molecule has 0 aromatic rings. The van der Waals surface area contributed by atoms with E-state index in [1.807, 2.05) is 0 Å². The van der Waals surface area contributed by atoms with Gasteiger partial charge in [0.2, 0.25) is 0 Å². The van der Waals surface area contributed by atoms with Crippen LogP contribution in [0.3, 0.4) is 0 Å². The van der Waals surface area contributed by atoms with E-state index in [4.69, 9.17) is 21.4 Å². The molecule has 5 nitrogen and oxygen atoms in total. The summed E-state index contributed by atoms with van der Waals surface area (Å²) in [4.78, 5) is 8.89. The van der Waals surface area contributed by atoms with E-state index in [9.17, 15) is 0 Å². The molecular weight excluding hydrogens is 274 g/mol. The molecule has 2 saturated carbocycles. The van der Waals surface area contributed by atoms with Crippen molar-refractivity contribution in [3.8, 4) is 0 Å². The van der Waals surface area contributed by atoms with Crippen molar-refractivity contribution in [1.29, 1.82) is 0 Å². The molecule has 3 aliphatic rings. The van der Waals surface area contributed by atoms with Gasteiger partial charge in [0, 0.05) is 30.9 Å². The van der Waals surface area contributed by atoms with Crippen LogP contribution in [0.1, 0.15) is 45.4 Å². The third kappa shape index (κ3) is 4.35. The lowest BCUT2D eigenvalue weighted by Gasteiger charge is -2.43. The standard InChI is InChI=1S/C12H23N3S.C2H4O2/c13-7-1-3-9-11(5-7)16-12-6-8(14)2-4-10(12)15-9;1-2(3)4/h7-12,15H,1-6,13-14H2;1H3,(H,3,4). The van der Waals surface area contributed by atoms with Crippen molar-refractivity contribution in [3.63, 3.8) is 0 Å². The average molecular weight is 301 g/mol. The molecule has 2 aliphatic carbocycles. The van der Waals surface area contributed by atoms with Crippen LogP contribution in [0.4, 0.5) is 0 Å². The number of hydrogen-bond acceptors (Lipinski definition) is 5. The molecule has 6 heteroatoms. The van der Waals surface area contributed by atoms with E-state index in [0.29, 0.717) is 12.1 Å². The fourth-order valence-corrected chi connectivity index (χ4v) is 5.76. The minimum Gasteiger partial charge on any atom is -0.550 e. The van der Waals surface area contributed by atoms with Crippen molar-refractivity contribution in [2.75, 3.05) is 0 Å². The highest BCUT2D eigenvalue weighted by Gasteiger charge is 2.47. The minimum atomic E-state index is -1.08. The highest BCUT2D eigenvalue weighted by molar-refractivity contribution is 7.80. The Morgan fingerprint density at radius 3 is 1.85 bits per heavy atom. The van der Waals surface area contributed by atoms with Crippen LogP contribution in [0.15, 0.2) is 0 Å². The van der Waals surface area contributed by atoms with Gasteiger partial charge in [-0.25, -0.2) is 0 Å². The van der Waals surface area contributed by atoms with Gasteiger partial charge in [-0.2, -0.15) is 0 Å². The Bertz CT molecular complexity index is 314. The summed E-state index contributed by atoms with van der Waals surface area (Å²) in [5.74, 6) is -1.08. The van der Waals surface area contributed by atoms with Crippen molar-refractivity contribution >= 4 is 17.7 Å². The van der Waals surface area contributed by atoms with Gasteiger partial charge < -0.3 is 26.7 Å². The van der Waals surface area contributed by atoms with Gasteiger partial charge in [0.1, 0.15) is 10.5 Å². The number of fused-ring (bicyclic) bond motifs is 2. The molecule has 0 spiro atoms. The van der Waals surface area contributed by atoms with Crippen LogP contribution < -0.4 is 21.9 Å². The van der Waals surface area contributed by atoms with Crippen LogP contribution in [0.25, 0.3) is 0 Å². The molecular formula is C14H27N3O2S. The van der Waals surface area contributed by atoms with Gasteiger partial charge in [0.15, 0.2) is 0 Å². The lowest BCUT2D eigenvalue weighted by Crippen LogP contribution is -2.63. The maximum Gasteiger partial charge on any atom is 0.133 e. The van der Waals surface area contributed by atoms with Gasteiger partial charge in [-0.3, -0.25) is 0 Å². The fourth-order valence-electron chi connectivity index (χ4n) is 3.60. The summed E-state index contributed by atoms with van der Waals surface area (Å²) >= 11 is 1.65. The molecule has 1 aliphatic heterocycles. The average Bonchev–Trinajstić information content (AvgIpc) is 2.35. The first-order valence-electron chi connectivity index (χ1n) is 7.60. The molecule has 6 atom stereocenters. The Morgan fingerprint density at radius 2 is 1.45 bits per heavy atom. The van der Waals surface area contributed by atoms with Gasteiger partial charge in [0.05, 0.1) is 12.1 Å². The van der Waals surface area contributed by atoms with Gasteiger partial charge in [0.25, 0.3) is 0 Å². The zero-order valence-corrected chi connectivity index (χ0v) is 13.0. The van der Waals surface area contributed by atoms with Gasteiger partial charge in [-0.1, -0.05) is 0 Å². The lowest BCUT2D eigenvalue weighted by molar-refractivity contribution is -0.302. The second kappa shape index (κ2) is 7.11. The van der Waals surface area contributed by atoms with Crippen LogP contribution in [0.2, 0.25) is 0 Å². The molecule has 0 bridgehead atoms. The molecule has 3 rings (SSSR count). The van der Waals surface area contributed by atoms with Crippen molar-refractivity contribution in [1.82, 2.24) is 5.32 Å². The third-order valence-corrected chi connectivity index (χ3v) is 6.43. The zero-order chi connectivity index (χ0) is 14.7. The number of carboxylic acid groups (broad SMARTS) is 1. The maximum atomic E-state index is 8.89. The summed E-state index contributed by atoms with van der Waals surface area (Å²) in [6, 6.07) is 2.39. The largest absolute Gasteiger partial charge is 0.550 e. The molecule has 1 saturated heterocycles. The van der Waals surface area contributed by atoms with Crippen LogP contribution in [0.5, 0.6) is 0 Å². The number of carbonyl (C=O) groups is 1. The monoisotopic (exact) mass is 301 g/mol. The molecule has 5 N–H and O–H groups in total. The van der Waals surface area contributed by atoms with E-state index in [0.717, 1.165) is 29.5 Å². The number of aliphatic carboxylic acids is 1. The number of carbonyl (C=O) groups excluding carboxylic acids is 1. The first kappa shape index (κ1) is 16.1. The van der Waals surface area contributed by atoms with Gasteiger partial charge in [-0.15, -0.1) is 0 Å². The number of nitrogens with one attached hydrogen (secondary N) is 1. The van der Waals surface area contributed by atoms with E-state index < -0.39 is 5.97 Å². The topological polar surface area (TPSA) is 104 Å². The Labute approximate surface area is 125 Å². The van der Waals surface area contributed by atoms with Crippen LogP contribution in [0, 0.1) is 0 Å². The minimum absolute atomic E-state index is 0.448. The van der Waals surface area contributed by atoms with Crippen molar-refractivity contribution < 1.29 is 9.90 Å². The van der Waals surface area contributed by atoms with Gasteiger partial charge >= 0.3 is 0 Å². The van der Waals surface area contributed by atoms with E-state index in [-0.39, 0.29) is 0 Å². The molecule has 20 heavy (non-hydrogen) atoms. The van der Waals surface area contributed by atoms with Crippen molar-refractivity contribution in [2.24, 2.45) is 11.5 Å². The molecule has 3 fully saturated rings. The van der Waals surface area contributed by atoms with Crippen molar-refractivity contribution in [2.45, 2.75) is 80.1 Å². The SMILES string of the molecule is CC(=O)[O-].NC1CCC2NC3CCC(N)CC3[SH+]C2C1. The predicted octanol–water partition coefficient (Wildman–Crippen LogP) is -1.34. The number of rotatable bonds is 0. The molecule has 1 heterocycles. The summed E-state index contributed by atoms with van der Waals surface area (Å²) < 4.78 is 0. The number of nitrogens with two attached hydrogens (primary N) is 2. The van der Waals surface area contributed by atoms with Gasteiger partial charge in [-0.05, 0) is 44.4 Å². The van der Waals surface area contributed by atoms with Crippen LogP contribution in [-0.4, -0.2) is 40.6 Å². The Morgan fingerprint density at radius 1 is 1.05 bits per heavy atom. The molecule has 6 unspecified atom stereocenters. The first-order valence-corrected chi connectivity index (χ1v) is 8.63. The molecule has 0 aromatic heterocycles. The second-order valence-electron chi connectivity index (χ2n) is 6.30. The van der Waals surface area contributed by atoms with Crippen LogP contribution in [-0.2, 0) is 16.6 Å². The van der Waals surface area contributed by atoms with E-state index in [2.05, 4.69) is 5.32 Å². The summed E-state index contributed by atoms with van der Waals surface area (Å²) in [7, 11) is 0. The number of thiol groups is 1. The molecule has 0 amide bonds.